The van der Waals surface area contributed by atoms with Crippen LogP contribution in [0.2, 0.25) is 5.02 Å². The van der Waals surface area contributed by atoms with Crippen molar-refractivity contribution in [3.63, 3.8) is 0 Å². The molecule has 0 fully saturated rings. The van der Waals surface area contributed by atoms with Crippen molar-refractivity contribution in [2.45, 2.75) is 12.8 Å². The molecule has 0 bridgehead atoms. The Hall–Kier alpha value is -1.31. The van der Waals surface area contributed by atoms with E-state index in [4.69, 9.17) is 23.2 Å². The molecular weight excluding hydrogens is 267 g/mol. The average Bonchev–Trinajstić information content (AvgIpc) is 2.38. The minimum atomic E-state index is -0.301. The number of carbonyl (C=O) groups is 1. The smallest absolute Gasteiger partial charge is 0.221 e. The Morgan fingerprint density at radius 1 is 1.00 bits per heavy atom. The highest BCUT2D eigenvalue weighted by atomic mass is 35.5. The lowest BCUT2D eigenvalue weighted by Gasteiger charge is -2.05. The molecule has 0 aliphatic carbocycles. The number of hydrogen-bond acceptors (Lipinski definition) is 1. The largest absolute Gasteiger partial charge is 0.281 e. The standard InChI is InChI=1S/C15H12Cl2O/c16-14-4-2-1-3-13(14)12-8-5-11(6-9-12)7-10-15(17)18/h1-6,8-9H,7,10H2. The Morgan fingerprint density at radius 2 is 1.67 bits per heavy atom. The van der Waals surface area contributed by atoms with Crippen LogP contribution in [0.5, 0.6) is 0 Å². The summed E-state index contributed by atoms with van der Waals surface area (Å²) in [7, 11) is 0. The molecule has 0 amide bonds. The normalized spacial score (nSPS) is 10.3. The summed E-state index contributed by atoms with van der Waals surface area (Å²) in [6.45, 7) is 0. The molecule has 2 rings (SSSR count). The first kappa shape index (κ1) is 13.1. The minimum Gasteiger partial charge on any atom is -0.281 e. The summed E-state index contributed by atoms with van der Waals surface area (Å²) < 4.78 is 0. The number of carbonyl (C=O) groups excluding carboxylic acids is 1. The predicted molar refractivity (Wildman–Crippen MR) is 76.1 cm³/mol. The molecular formula is C15H12Cl2O. The second-order valence-electron chi connectivity index (χ2n) is 4.03. The minimum absolute atomic E-state index is 0.301. The van der Waals surface area contributed by atoms with Gasteiger partial charge < -0.3 is 0 Å². The Bertz CT molecular complexity index is 547. The van der Waals surface area contributed by atoms with Crippen LogP contribution in [0, 0.1) is 0 Å². The van der Waals surface area contributed by atoms with Crippen LogP contribution in [-0.2, 0) is 11.2 Å². The Morgan fingerprint density at radius 3 is 2.28 bits per heavy atom. The number of rotatable bonds is 4. The van der Waals surface area contributed by atoms with Crippen molar-refractivity contribution in [1.82, 2.24) is 0 Å². The summed E-state index contributed by atoms with van der Waals surface area (Å²) in [4.78, 5) is 10.7. The molecule has 0 heterocycles. The summed E-state index contributed by atoms with van der Waals surface area (Å²) in [6, 6.07) is 15.7. The van der Waals surface area contributed by atoms with Gasteiger partial charge in [-0.1, -0.05) is 54.1 Å². The van der Waals surface area contributed by atoms with Crippen LogP contribution in [0.3, 0.4) is 0 Å². The van der Waals surface area contributed by atoms with Crippen molar-refractivity contribution in [2.24, 2.45) is 0 Å². The molecule has 0 radical (unpaired) electrons. The van der Waals surface area contributed by atoms with Gasteiger partial charge in [-0.25, -0.2) is 0 Å². The fourth-order valence-corrected chi connectivity index (χ4v) is 2.13. The number of aryl methyl sites for hydroxylation is 1. The van der Waals surface area contributed by atoms with E-state index in [1.165, 1.54) is 0 Å². The highest BCUT2D eigenvalue weighted by Gasteiger charge is 2.03. The Labute approximate surface area is 116 Å². The van der Waals surface area contributed by atoms with E-state index in [0.717, 1.165) is 21.7 Å². The van der Waals surface area contributed by atoms with Crippen molar-refractivity contribution in [2.75, 3.05) is 0 Å². The summed E-state index contributed by atoms with van der Waals surface area (Å²) in [5, 5.41) is 0.436. The van der Waals surface area contributed by atoms with Crippen molar-refractivity contribution >= 4 is 28.4 Å². The first-order valence-corrected chi connectivity index (χ1v) is 6.44. The van der Waals surface area contributed by atoms with E-state index in [1.54, 1.807) is 0 Å². The van der Waals surface area contributed by atoms with E-state index < -0.39 is 0 Å². The molecule has 1 nitrogen and oxygen atoms in total. The van der Waals surface area contributed by atoms with Gasteiger partial charge in [-0.3, -0.25) is 4.79 Å². The molecule has 0 aliphatic rings. The van der Waals surface area contributed by atoms with Gasteiger partial charge >= 0.3 is 0 Å². The van der Waals surface area contributed by atoms with Crippen LogP contribution in [-0.4, -0.2) is 5.24 Å². The second-order valence-corrected chi connectivity index (χ2v) is 4.86. The summed E-state index contributed by atoms with van der Waals surface area (Å²) >= 11 is 11.5. The summed E-state index contributed by atoms with van der Waals surface area (Å²) in [5.41, 5.74) is 3.18. The molecule has 0 saturated heterocycles. The third-order valence-corrected chi connectivity index (χ3v) is 3.27. The van der Waals surface area contributed by atoms with Crippen molar-refractivity contribution in [1.29, 1.82) is 0 Å². The Kier molecular flexibility index (Phi) is 4.40. The van der Waals surface area contributed by atoms with Gasteiger partial charge in [0.05, 0.1) is 0 Å². The van der Waals surface area contributed by atoms with Crippen molar-refractivity contribution < 1.29 is 4.79 Å². The van der Waals surface area contributed by atoms with E-state index in [1.807, 2.05) is 48.5 Å². The Balaban J connectivity index is 2.17. The maximum atomic E-state index is 10.7. The number of halogens is 2. The predicted octanol–water partition coefficient (Wildman–Crippen LogP) is 4.71. The maximum absolute atomic E-state index is 10.7. The van der Waals surface area contributed by atoms with Crippen LogP contribution in [0.4, 0.5) is 0 Å². The molecule has 3 heteroatoms. The quantitative estimate of drug-likeness (QED) is 0.741. The van der Waals surface area contributed by atoms with E-state index in [-0.39, 0.29) is 5.24 Å². The van der Waals surface area contributed by atoms with Gasteiger partial charge in [-0.05, 0) is 35.2 Å². The molecule has 2 aromatic rings. The molecule has 0 aliphatic heterocycles. The molecule has 0 spiro atoms. The van der Waals surface area contributed by atoms with Gasteiger partial charge in [0, 0.05) is 17.0 Å². The first-order valence-electron chi connectivity index (χ1n) is 5.69. The van der Waals surface area contributed by atoms with Crippen LogP contribution in [0.25, 0.3) is 11.1 Å². The third kappa shape index (κ3) is 3.34. The van der Waals surface area contributed by atoms with Crippen molar-refractivity contribution in [3.05, 3.63) is 59.1 Å². The highest BCUT2D eigenvalue weighted by Crippen LogP contribution is 2.27. The lowest BCUT2D eigenvalue weighted by Crippen LogP contribution is -1.91. The van der Waals surface area contributed by atoms with E-state index in [2.05, 4.69) is 0 Å². The fourth-order valence-electron chi connectivity index (χ4n) is 1.79. The van der Waals surface area contributed by atoms with E-state index in [0.29, 0.717) is 12.8 Å². The lowest BCUT2D eigenvalue weighted by atomic mass is 10.0. The molecule has 18 heavy (non-hydrogen) atoms. The maximum Gasteiger partial charge on any atom is 0.221 e. The third-order valence-electron chi connectivity index (χ3n) is 2.75. The topological polar surface area (TPSA) is 17.1 Å². The molecule has 92 valence electrons. The van der Waals surface area contributed by atoms with Gasteiger partial charge in [-0.2, -0.15) is 0 Å². The van der Waals surface area contributed by atoms with Gasteiger partial charge in [0.15, 0.2) is 0 Å². The molecule has 0 atom stereocenters. The second kappa shape index (κ2) is 6.03. The summed E-state index contributed by atoms with van der Waals surface area (Å²) in [6.07, 6.45) is 1.04. The van der Waals surface area contributed by atoms with Crippen LogP contribution >= 0.6 is 23.2 Å². The first-order chi connectivity index (χ1) is 8.66. The molecule has 0 unspecified atom stereocenters. The van der Waals surface area contributed by atoms with E-state index >= 15 is 0 Å². The SMILES string of the molecule is O=C(Cl)CCc1ccc(-c2ccccc2Cl)cc1. The highest BCUT2D eigenvalue weighted by molar-refractivity contribution is 6.63. The molecule has 0 aromatic heterocycles. The molecule has 0 saturated carbocycles. The zero-order chi connectivity index (χ0) is 13.0. The van der Waals surface area contributed by atoms with Crippen molar-refractivity contribution in [3.8, 4) is 11.1 Å². The van der Waals surface area contributed by atoms with Crippen LogP contribution < -0.4 is 0 Å². The molecule has 2 aromatic carbocycles. The molecule has 0 N–H and O–H groups in total. The van der Waals surface area contributed by atoms with E-state index in [9.17, 15) is 4.79 Å². The van der Waals surface area contributed by atoms with Gasteiger partial charge in [0.2, 0.25) is 5.24 Å². The average molecular weight is 279 g/mol. The zero-order valence-electron chi connectivity index (χ0n) is 9.70. The van der Waals surface area contributed by atoms with Crippen LogP contribution in [0.1, 0.15) is 12.0 Å². The monoisotopic (exact) mass is 278 g/mol. The number of hydrogen-bond donors (Lipinski definition) is 0. The zero-order valence-corrected chi connectivity index (χ0v) is 11.2. The van der Waals surface area contributed by atoms with Crippen LogP contribution in [0.15, 0.2) is 48.5 Å². The summed E-state index contributed by atoms with van der Waals surface area (Å²) in [5.74, 6) is 0. The van der Waals surface area contributed by atoms with Gasteiger partial charge in [0.25, 0.3) is 0 Å². The lowest BCUT2D eigenvalue weighted by molar-refractivity contribution is -0.111. The van der Waals surface area contributed by atoms with Gasteiger partial charge in [-0.15, -0.1) is 0 Å². The fraction of sp³-hybridized carbons (Fsp3) is 0.133. The number of benzene rings is 2. The van der Waals surface area contributed by atoms with Gasteiger partial charge in [0.1, 0.15) is 0 Å².